The van der Waals surface area contributed by atoms with Gasteiger partial charge in [0.2, 0.25) is 0 Å². The van der Waals surface area contributed by atoms with Crippen LogP contribution in [0.4, 0.5) is 0 Å². The summed E-state index contributed by atoms with van der Waals surface area (Å²) in [7, 11) is 4.23. The maximum atomic E-state index is 5.68. The van der Waals surface area contributed by atoms with Gasteiger partial charge >= 0.3 is 0 Å². The van der Waals surface area contributed by atoms with E-state index in [0.29, 0.717) is 12.1 Å². The topological polar surface area (TPSA) is 24.5 Å². The van der Waals surface area contributed by atoms with Gasteiger partial charge in [-0.1, -0.05) is 30.3 Å². The van der Waals surface area contributed by atoms with Crippen molar-refractivity contribution in [1.29, 1.82) is 0 Å². The van der Waals surface area contributed by atoms with E-state index in [2.05, 4.69) is 47.6 Å². The van der Waals surface area contributed by atoms with Crippen LogP contribution >= 0.6 is 0 Å². The third-order valence-electron chi connectivity index (χ3n) is 3.89. The molecule has 2 atom stereocenters. The Labute approximate surface area is 116 Å². The van der Waals surface area contributed by atoms with E-state index in [-0.39, 0.29) is 0 Å². The van der Waals surface area contributed by atoms with Gasteiger partial charge in [-0.3, -0.25) is 0 Å². The molecule has 0 radical (unpaired) electrons. The second kappa shape index (κ2) is 7.63. The molecule has 1 fully saturated rings. The first-order valence-corrected chi connectivity index (χ1v) is 7.32. The Balaban J connectivity index is 1.76. The van der Waals surface area contributed by atoms with Crippen LogP contribution in [-0.4, -0.2) is 44.8 Å². The molecule has 1 aromatic carbocycles. The minimum absolute atomic E-state index is 0.438. The molecule has 106 valence electrons. The van der Waals surface area contributed by atoms with Crippen LogP contribution in [0.2, 0.25) is 0 Å². The van der Waals surface area contributed by atoms with E-state index < -0.39 is 0 Å². The molecule has 19 heavy (non-hydrogen) atoms. The second-order valence-electron chi connectivity index (χ2n) is 5.44. The zero-order valence-electron chi connectivity index (χ0n) is 12.1. The van der Waals surface area contributed by atoms with Crippen LogP contribution in [0.25, 0.3) is 0 Å². The van der Waals surface area contributed by atoms with Gasteiger partial charge in [-0.2, -0.15) is 0 Å². The van der Waals surface area contributed by atoms with E-state index >= 15 is 0 Å². The van der Waals surface area contributed by atoms with Crippen molar-refractivity contribution in [2.24, 2.45) is 0 Å². The van der Waals surface area contributed by atoms with Crippen LogP contribution in [0.15, 0.2) is 30.3 Å². The molecule has 0 spiro atoms. The standard InChI is InChI=1S/C16H26N2O/c1-17-16(14-7-4-3-5-8-14)10-11-18(2)13-15-9-6-12-19-15/h3-5,7-8,15-17H,6,9-13H2,1-2H3. The van der Waals surface area contributed by atoms with Crippen LogP contribution in [0, 0.1) is 0 Å². The van der Waals surface area contributed by atoms with Crippen molar-refractivity contribution in [2.45, 2.75) is 31.4 Å². The third-order valence-corrected chi connectivity index (χ3v) is 3.89. The highest BCUT2D eigenvalue weighted by Crippen LogP contribution is 2.17. The summed E-state index contributed by atoms with van der Waals surface area (Å²) >= 11 is 0. The molecule has 0 amide bonds. The third kappa shape index (κ3) is 4.60. The van der Waals surface area contributed by atoms with Crippen molar-refractivity contribution in [2.75, 3.05) is 33.8 Å². The van der Waals surface area contributed by atoms with Gasteiger partial charge < -0.3 is 15.0 Å². The molecule has 2 rings (SSSR count). The zero-order valence-corrected chi connectivity index (χ0v) is 12.1. The van der Waals surface area contributed by atoms with Crippen LogP contribution in [0.3, 0.4) is 0 Å². The molecular formula is C16H26N2O. The molecule has 3 nitrogen and oxygen atoms in total. The molecule has 1 aliphatic rings. The van der Waals surface area contributed by atoms with E-state index in [9.17, 15) is 0 Å². The van der Waals surface area contributed by atoms with Gasteiger partial charge in [-0.05, 0) is 45.5 Å². The molecule has 1 N–H and O–H groups in total. The summed E-state index contributed by atoms with van der Waals surface area (Å²) in [5.41, 5.74) is 1.37. The molecule has 0 saturated carbocycles. The maximum absolute atomic E-state index is 5.68. The molecule has 3 heteroatoms. The molecular weight excluding hydrogens is 236 g/mol. The Morgan fingerprint density at radius 3 is 2.79 bits per heavy atom. The van der Waals surface area contributed by atoms with Gasteiger partial charge in [0.15, 0.2) is 0 Å². The summed E-state index contributed by atoms with van der Waals surface area (Å²) in [6.45, 7) is 3.10. The fraction of sp³-hybridized carbons (Fsp3) is 0.625. The fourth-order valence-electron chi connectivity index (χ4n) is 2.74. The molecule has 0 bridgehead atoms. The summed E-state index contributed by atoms with van der Waals surface area (Å²) in [6, 6.07) is 11.1. The summed E-state index contributed by atoms with van der Waals surface area (Å²) in [5.74, 6) is 0. The first kappa shape index (κ1) is 14.5. The quantitative estimate of drug-likeness (QED) is 0.817. The Morgan fingerprint density at radius 2 is 2.16 bits per heavy atom. The monoisotopic (exact) mass is 262 g/mol. The summed E-state index contributed by atoms with van der Waals surface area (Å²) in [5, 5.41) is 3.41. The van der Waals surface area contributed by atoms with E-state index in [1.165, 1.54) is 18.4 Å². The average Bonchev–Trinajstić information content (AvgIpc) is 2.93. The minimum Gasteiger partial charge on any atom is -0.377 e. The molecule has 1 aliphatic heterocycles. The molecule has 2 unspecified atom stereocenters. The smallest absolute Gasteiger partial charge is 0.0702 e. The Morgan fingerprint density at radius 1 is 1.37 bits per heavy atom. The molecule has 0 aromatic heterocycles. The number of nitrogens with one attached hydrogen (secondary N) is 1. The van der Waals surface area contributed by atoms with Gasteiger partial charge in [0, 0.05) is 19.2 Å². The van der Waals surface area contributed by atoms with Crippen LogP contribution in [-0.2, 0) is 4.74 Å². The van der Waals surface area contributed by atoms with Crippen LogP contribution in [0.5, 0.6) is 0 Å². The molecule has 1 saturated heterocycles. The predicted octanol–water partition coefficient (Wildman–Crippen LogP) is 2.45. The van der Waals surface area contributed by atoms with E-state index in [1.807, 2.05) is 7.05 Å². The molecule has 1 heterocycles. The van der Waals surface area contributed by atoms with Crippen LogP contribution < -0.4 is 5.32 Å². The lowest BCUT2D eigenvalue weighted by molar-refractivity contribution is 0.0801. The van der Waals surface area contributed by atoms with Crippen molar-refractivity contribution >= 4 is 0 Å². The fourth-order valence-corrected chi connectivity index (χ4v) is 2.74. The van der Waals surface area contributed by atoms with Crippen molar-refractivity contribution in [3.63, 3.8) is 0 Å². The number of benzene rings is 1. The minimum atomic E-state index is 0.438. The second-order valence-corrected chi connectivity index (χ2v) is 5.44. The summed E-state index contributed by atoms with van der Waals surface area (Å²) < 4.78 is 5.68. The number of likely N-dealkylation sites (N-methyl/N-ethyl adjacent to an activating group) is 1. The largest absolute Gasteiger partial charge is 0.377 e. The van der Waals surface area contributed by atoms with Gasteiger partial charge in [-0.15, -0.1) is 0 Å². The summed E-state index contributed by atoms with van der Waals surface area (Å²) in [6.07, 6.45) is 4.03. The summed E-state index contributed by atoms with van der Waals surface area (Å²) in [4.78, 5) is 2.39. The first-order valence-electron chi connectivity index (χ1n) is 7.32. The van der Waals surface area contributed by atoms with Gasteiger partial charge in [0.05, 0.1) is 6.10 Å². The Kier molecular flexibility index (Phi) is 5.83. The number of hydrogen-bond acceptors (Lipinski definition) is 3. The van der Waals surface area contributed by atoms with Crippen molar-refractivity contribution in [3.05, 3.63) is 35.9 Å². The zero-order chi connectivity index (χ0) is 13.5. The average molecular weight is 262 g/mol. The first-order chi connectivity index (χ1) is 9.29. The number of nitrogens with zero attached hydrogens (tertiary/aromatic N) is 1. The van der Waals surface area contributed by atoms with Crippen molar-refractivity contribution < 1.29 is 4.74 Å². The van der Waals surface area contributed by atoms with E-state index in [4.69, 9.17) is 4.74 Å². The van der Waals surface area contributed by atoms with Crippen LogP contribution in [0.1, 0.15) is 30.9 Å². The molecule has 0 aliphatic carbocycles. The number of ether oxygens (including phenoxy) is 1. The Bertz CT molecular complexity index is 349. The number of rotatable bonds is 7. The maximum Gasteiger partial charge on any atom is 0.0702 e. The van der Waals surface area contributed by atoms with Gasteiger partial charge in [-0.25, -0.2) is 0 Å². The molecule has 1 aromatic rings. The lowest BCUT2D eigenvalue weighted by Gasteiger charge is -2.23. The van der Waals surface area contributed by atoms with E-state index in [1.54, 1.807) is 0 Å². The highest BCUT2D eigenvalue weighted by atomic mass is 16.5. The lowest BCUT2D eigenvalue weighted by atomic mass is 10.0. The highest BCUT2D eigenvalue weighted by Gasteiger charge is 2.18. The normalized spacial score (nSPS) is 20.9. The van der Waals surface area contributed by atoms with Crippen molar-refractivity contribution in [1.82, 2.24) is 10.2 Å². The predicted molar refractivity (Wildman–Crippen MR) is 79.3 cm³/mol. The highest BCUT2D eigenvalue weighted by molar-refractivity contribution is 5.18. The van der Waals surface area contributed by atoms with E-state index in [0.717, 1.165) is 26.1 Å². The number of hydrogen-bond donors (Lipinski definition) is 1. The van der Waals surface area contributed by atoms with Crippen molar-refractivity contribution in [3.8, 4) is 0 Å². The lowest BCUT2D eigenvalue weighted by Crippen LogP contribution is -2.31. The Hall–Kier alpha value is -0.900. The SMILES string of the molecule is CNC(CCN(C)CC1CCCO1)c1ccccc1. The van der Waals surface area contributed by atoms with Gasteiger partial charge in [0.25, 0.3) is 0 Å². The van der Waals surface area contributed by atoms with Gasteiger partial charge in [0.1, 0.15) is 0 Å².